The van der Waals surface area contributed by atoms with Gasteiger partial charge in [0.05, 0.1) is 5.69 Å². The largest absolute Gasteiger partial charge is 0.324 e. The Hall–Kier alpha value is -5.11. The Morgan fingerprint density at radius 1 is 0.659 bits per heavy atom. The van der Waals surface area contributed by atoms with Gasteiger partial charge in [-0.05, 0) is 47.6 Å². The van der Waals surface area contributed by atoms with Crippen molar-refractivity contribution in [2.45, 2.75) is 6.04 Å². The molecule has 1 aliphatic rings. The van der Waals surface area contributed by atoms with E-state index in [0.29, 0.717) is 28.1 Å². The van der Waals surface area contributed by atoms with Gasteiger partial charge < -0.3 is 15.5 Å². The third kappa shape index (κ3) is 6.29. The first-order valence-corrected chi connectivity index (χ1v) is 14.8. The number of benzene rings is 5. The van der Waals surface area contributed by atoms with Gasteiger partial charge in [-0.2, -0.15) is 0 Å². The fraction of sp³-hybridized carbons (Fsp3) is 0.162. The maximum atomic E-state index is 14.0. The second kappa shape index (κ2) is 13.0. The molecule has 1 unspecified atom stereocenters. The summed E-state index contributed by atoms with van der Waals surface area (Å²) in [5.74, 6) is -0.746. The number of hydrogen-bond donors (Lipinski definition) is 2. The molecule has 0 radical (unpaired) electrons. The highest BCUT2D eigenvalue weighted by molar-refractivity contribution is 6.16. The summed E-state index contributed by atoms with van der Waals surface area (Å²) >= 11 is 0. The van der Waals surface area contributed by atoms with Gasteiger partial charge in [0.2, 0.25) is 5.91 Å². The molecule has 2 N–H and O–H groups in total. The average molecular weight is 583 g/mol. The van der Waals surface area contributed by atoms with Crippen LogP contribution in [-0.4, -0.2) is 60.6 Å². The van der Waals surface area contributed by atoms with Crippen LogP contribution in [0.3, 0.4) is 0 Å². The van der Waals surface area contributed by atoms with Crippen LogP contribution in [0, 0.1) is 0 Å². The van der Waals surface area contributed by atoms with E-state index in [-0.39, 0.29) is 17.6 Å². The summed E-state index contributed by atoms with van der Waals surface area (Å²) in [7, 11) is 2.08. The summed E-state index contributed by atoms with van der Waals surface area (Å²) in [6, 6.07) is 36.5. The minimum atomic E-state index is -0.518. The lowest BCUT2D eigenvalue weighted by Gasteiger charge is -2.37. The van der Waals surface area contributed by atoms with E-state index in [4.69, 9.17) is 0 Å². The number of fused-ring (bicyclic) bond motifs is 1. The topological polar surface area (TPSA) is 81.8 Å². The number of rotatable bonds is 8. The van der Waals surface area contributed by atoms with Gasteiger partial charge in [-0.1, -0.05) is 97.1 Å². The smallest absolute Gasteiger partial charge is 0.256 e. The highest BCUT2D eigenvalue weighted by Gasteiger charge is 2.30. The van der Waals surface area contributed by atoms with Crippen molar-refractivity contribution in [2.75, 3.05) is 43.9 Å². The Morgan fingerprint density at radius 2 is 1.32 bits per heavy atom. The molecular weight excluding hydrogens is 548 g/mol. The molecule has 0 saturated carbocycles. The van der Waals surface area contributed by atoms with Crippen molar-refractivity contribution < 1.29 is 14.4 Å². The number of anilines is 2. The summed E-state index contributed by atoms with van der Waals surface area (Å²) in [4.78, 5) is 45.7. The molecule has 6 rings (SSSR count). The van der Waals surface area contributed by atoms with Crippen molar-refractivity contribution in [3.63, 3.8) is 0 Å². The minimum absolute atomic E-state index is 0.213. The van der Waals surface area contributed by atoms with Crippen LogP contribution in [-0.2, 0) is 4.79 Å². The standard InChI is InChI=1S/C37H34N4O3/c1-40-21-23-41(24-22-40)34(27-12-4-2-5-13-27)37(44)39-33-20-19-29(25-32(33)35(42)28-14-6-3-7-15-28)38-36(43)31-18-10-16-26-11-8-9-17-30(26)31/h2-20,25,34H,21-24H2,1H3,(H,38,43)(H,39,44). The number of nitrogens with one attached hydrogen (secondary N) is 2. The lowest BCUT2D eigenvalue weighted by molar-refractivity contribution is -0.122. The van der Waals surface area contributed by atoms with Crippen molar-refractivity contribution in [1.82, 2.24) is 9.80 Å². The molecule has 0 aromatic heterocycles. The number of hydrogen-bond acceptors (Lipinski definition) is 5. The zero-order valence-electron chi connectivity index (χ0n) is 24.6. The monoisotopic (exact) mass is 582 g/mol. The molecule has 1 aliphatic heterocycles. The van der Waals surface area contributed by atoms with Crippen molar-refractivity contribution in [2.24, 2.45) is 0 Å². The third-order valence-electron chi connectivity index (χ3n) is 8.12. The Bertz CT molecular complexity index is 1790. The predicted molar refractivity (Wildman–Crippen MR) is 175 cm³/mol. The van der Waals surface area contributed by atoms with Crippen molar-refractivity contribution in [1.29, 1.82) is 0 Å². The number of piperazine rings is 1. The maximum absolute atomic E-state index is 14.0. The van der Waals surface area contributed by atoms with Gasteiger partial charge in [0.15, 0.2) is 5.78 Å². The van der Waals surface area contributed by atoms with Gasteiger partial charge in [0.1, 0.15) is 6.04 Å². The van der Waals surface area contributed by atoms with Crippen LogP contribution in [0.2, 0.25) is 0 Å². The van der Waals surface area contributed by atoms with E-state index in [0.717, 1.165) is 42.5 Å². The lowest BCUT2D eigenvalue weighted by atomic mass is 9.99. The molecule has 1 heterocycles. The van der Waals surface area contributed by atoms with E-state index < -0.39 is 6.04 Å². The SMILES string of the molecule is CN1CCN(C(C(=O)Nc2ccc(NC(=O)c3cccc4ccccc34)cc2C(=O)c2ccccc2)c2ccccc2)CC1. The van der Waals surface area contributed by atoms with E-state index in [1.165, 1.54) is 0 Å². The van der Waals surface area contributed by atoms with Crippen LogP contribution in [0.25, 0.3) is 10.8 Å². The molecule has 5 aromatic carbocycles. The minimum Gasteiger partial charge on any atom is -0.324 e. The van der Waals surface area contributed by atoms with Gasteiger partial charge in [-0.3, -0.25) is 19.3 Å². The predicted octanol–water partition coefficient (Wildman–Crippen LogP) is 6.25. The number of amides is 2. The first-order valence-electron chi connectivity index (χ1n) is 14.8. The Balaban J connectivity index is 1.33. The molecule has 1 atom stereocenters. The van der Waals surface area contributed by atoms with Crippen LogP contribution in [0.1, 0.15) is 37.9 Å². The second-order valence-corrected chi connectivity index (χ2v) is 11.1. The maximum Gasteiger partial charge on any atom is 0.256 e. The first-order chi connectivity index (χ1) is 21.5. The summed E-state index contributed by atoms with van der Waals surface area (Å²) < 4.78 is 0. The van der Waals surface area contributed by atoms with Crippen LogP contribution >= 0.6 is 0 Å². The van der Waals surface area contributed by atoms with Gasteiger partial charge in [-0.15, -0.1) is 0 Å². The molecule has 0 aliphatic carbocycles. The average Bonchev–Trinajstić information content (AvgIpc) is 3.06. The first kappa shape index (κ1) is 29.0. The van der Waals surface area contributed by atoms with Crippen LogP contribution in [0.4, 0.5) is 11.4 Å². The molecule has 44 heavy (non-hydrogen) atoms. The zero-order valence-corrected chi connectivity index (χ0v) is 24.6. The van der Waals surface area contributed by atoms with Crippen molar-refractivity contribution in [3.8, 4) is 0 Å². The highest BCUT2D eigenvalue weighted by atomic mass is 16.2. The molecule has 220 valence electrons. The van der Waals surface area contributed by atoms with E-state index in [2.05, 4.69) is 27.5 Å². The Morgan fingerprint density at radius 3 is 2.07 bits per heavy atom. The Labute approximate surface area is 257 Å². The number of ketones is 1. The molecule has 7 nitrogen and oxygen atoms in total. The summed E-state index contributed by atoms with van der Waals surface area (Å²) in [5.41, 5.74) is 3.06. The number of carbonyl (C=O) groups excluding carboxylic acids is 3. The van der Waals surface area contributed by atoms with Crippen LogP contribution < -0.4 is 10.6 Å². The molecular formula is C37H34N4O3. The van der Waals surface area contributed by atoms with Gasteiger partial charge in [0, 0.05) is 48.6 Å². The van der Waals surface area contributed by atoms with E-state index >= 15 is 0 Å². The Kier molecular flexibility index (Phi) is 8.59. The molecule has 1 saturated heterocycles. The van der Waals surface area contributed by atoms with Crippen LogP contribution in [0.5, 0.6) is 0 Å². The molecule has 1 fully saturated rings. The van der Waals surface area contributed by atoms with Crippen molar-refractivity contribution in [3.05, 3.63) is 144 Å². The molecule has 0 bridgehead atoms. The molecule has 0 spiro atoms. The van der Waals surface area contributed by atoms with Gasteiger partial charge in [0.25, 0.3) is 5.91 Å². The van der Waals surface area contributed by atoms with Gasteiger partial charge >= 0.3 is 0 Å². The van der Waals surface area contributed by atoms with Crippen LogP contribution in [0.15, 0.2) is 121 Å². The summed E-state index contributed by atoms with van der Waals surface area (Å²) in [6.07, 6.45) is 0. The summed E-state index contributed by atoms with van der Waals surface area (Å²) in [5, 5.41) is 7.85. The van der Waals surface area contributed by atoms with Crippen molar-refractivity contribution >= 4 is 39.7 Å². The highest BCUT2D eigenvalue weighted by Crippen LogP contribution is 2.29. The van der Waals surface area contributed by atoms with E-state index in [1.54, 1.807) is 48.5 Å². The summed E-state index contributed by atoms with van der Waals surface area (Å²) in [6.45, 7) is 3.22. The number of likely N-dealkylation sites (N-methyl/N-ethyl adjacent to an activating group) is 1. The number of nitrogens with zero attached hydrogens (tertiary/aromatic N) is 2. The molecule has 5 aromatic rings. The van der Waals surface area contributed by atoms with E-state index in [9.17, 15) is 14.4 Å². The molecule has 2 amide bonds. The van der Waals surface area contributed by atoms with E-state index in [1.807, 2.05) is 72.8 Å². The van der Waals surface area contributed by atoms with Gasteiger partial charge in [-0.25, -0.2) is 0 Å². The zero-order chi connectivity index (χ0) is 30.5. The molecule has 7 heteroatoms. The fourth-order valence-electron chi connectivity index (χ4n) is 5.73. The third-order valence-corrected chi connectivity index (χ3v) is 8.12. The lowest BCUT2D eigenvalue weighted by Crippen LogP contribution is -2.48. The quantitative estimate of drug-likeness (QED) is 0.212. The normalized spacial score (nSPS) is 14.6. The fourth-order valence-corrected chi connectivity index (χ4v) is 5.73. The second-order valence-electron chi connectivity index (χ2n) is 11.1. The number of carbonyl (C=O) groups is 3.